The fourth-order valence-corrected chi connectivity index (χ4v) is 2.84. The van der Waals surface area contributed by atoms with Crippen molar-refractivity contribution in [1.29, 1.82) is 0 Å². The maximum Gasteiger partial charge on any atom is 0.336 e. The van der Waals surface area contributed by atoms with E-state index in [0.29, 0.717) is 25.9 Å². The lowest BCUT2D eigenvalue weighted by molar-refractivity contribution is -0.168. The number of halogens is 1. The first kappa shape index (κ1) is 15.3. The highest BCUT2D eigenvalue weighted by molar-refractivity contribution is 6.31. The van der Waals surface area contributed by atoms with Gasteiger partial charge in [0.25, 0.3) is 0 Å². The van der Waals surface area contributed by atoms with Crippen molar-refractivity contribution in [2.24, 2.45) is 0 Å². The van der Waals surface area contributed by atoms with Gasteiger partial charge in [0.15, 0.2) is 5.60 Å². The van der Waals surface area contributed by atoms with Crippen LogP contribution in [-0.4, -0.2) is 41.8 Å². The summed E-state index contributed by atoms with van der Waals surface area (Å²) in [6.45, 7) is 4.24. The Balaban J connectivity index is 2.01. The number of nitrogens with zero attached hydrogens (tertiary/aromatic N) is 1. The first-order valence-electron chi connectivity index (χ1n) is 6.73. The lowest BCUT2D eigenvalue weighted by Gasteiger charge is -2.38. The first-order valence-corrected chi connectivity index (χ1v) is 7.11. The van der Waals surface area contributed by atoms with E-state index in [-0.39, 0.29) is 0 Å². The largest absolute Gasteiger partial charge is 0.479 e. The summed E-state index contributed by atoms with van der Waals surface area (Å²) < 4.78 is 5.23. The lowest BCUT2D eigenvalue weighted by Crippen LogP contribution is -2.50. The van der Waals surface area contributed by atoms with Crippen molar-refractivity contribution >= 4 is 17.6 Å². The van der Waals surface area contributed by atoms with E-state index < -0.39 is 11.6 Å². The van der Waals surface area contributed by atoms with Crippen LogP contribution in [0.25, 0.3) is 0 Å². The molecular formula is C15H20ClNO3. The minimum absolute atomic E-state index is 0.512. The quantitative estimate of drug-likeness (QED) is 0.928. The van der Waals surface area contributed by atoms with Crippen molar-refractivity contribution in [1.82, 2.24) is 4.90 Å². The number of carboxylic acid groups (broad SMARTS) is 1. The molecule has 2 rings (SSSR count). The summed E-state index contributed by atoms with van der Waals surface area (Å²) in [5.41, 5.74) is 1.27. The zero-order chi connectivity index (χ0) is 14.8. The van der Waals surface area contributed by atoms with Crippen LogP contribution < -0.4 is 0 Å². The standard InChI is InChI=1S/C15H20ClNO3/c1-11-12(4-3-5-13(11)16)10-17-8-6-15(20-2,7-9-17)14(18)19/h3-5H,6-10H2,1-2H3,(H,18,19). The molecule has 1 aromatic rings. The maximum absolute atomic E-state index is 11.3. The van der Waals surface area contributed by atoms with Crippen molar-refractivity contribution in [2.75, 3.05) is 20.2 Å². The van der Waals surface area contributed by atoms with Crippen LogP contribution in [0.2, 0.25) is 5.02 Å². The van der Waals surface area contributed by atoms with Gasteiger partial charge in [-0.25, -0.2) is 4.79 Å². The minimum Gasteiger partial charge on any atom is -0.479 e. The molecule has 0 amide bonds. The van der Waals surface area contributed by atoms with Gasteiger partial charge >= 0.3 is 5.97 Å². The monoisotopic (exact) mass is 297 g/mol. The van der Waals surface area contributed by atoms with Gasteiger partial charge in [0, 0.05) is 31.8 Å². The van der Waals surface area contributed by atoms with Crippen molar-refractivity contribution in [3.63, 3.8) is 0 Å². The summed E-state index contributed by atoms with van der Waals surface area (Å²) in [6, 6.07) is 5.90. The second-order valence-electron chi connectivity index (χ2n) is 5.30. The topological polar surface area (TPSA) is 49.8 Å². The predicted molar refractivity (Wildman–Crippen MR) is 78.1 cm³/mol. The molecule has 0 atom stereocenters. The Morgan fingerprint density at radius 2 is 2.10 bits per heavy atom. The summed E-state index contributed by atoms with van der Waals surface area (Å²) in [5.74, 6) is -0.862. The van der Waals surface area contributed by atoms with E-state index >= 15 is 0 Å². The SMILES string of the molecule is COC1(C(=O)O)CCN(Cc2cccc(Cl)c2C)CC1. The molecule has 0 aromatic heterocycles. The summed E-state index contributed by atoms with van der Waals surface area (Å²) in [7, 11) is 1.48. The number of hydrogen-bond acceptors (Lipinski definition) is 3. The van der Waals surface area contributed by atoms with Gasteiger partial charge in [-0.2, -0.15) is 0 Å². The van der Waals surface area contributed by atoms with Gasteiger partial charge in [-0.3, -0.25) is 4.90 Å². The van der Waals surface area contributed by atoms with Crippen molar-refractivity contribution < 1.29 is 14.6 Å². The molecule has 1 N–H and O–H groups in total. The molecule has 5 heteroatoms. The van der Waals surface area contributed by atoms with Crippen molar-refractivity contribution in [3.8, 4) is 0 Å². The van der Waals surface area contributed by atoms with Gasteiger partial charge < -0.3 is 9.84 Å². The number of ether oxygens (including phenoxy) is 1. The number of aliphatic carboxylic acids is 1. The van der Waals surface area contributed by atoms with Crippen LogP contribution in [0.1, 0.15) is 24.0 Å². The molecule has 0 unspecified atom stereocenters. The molecule has 0 saturated carbocycles. The molecular weight excluding hydrogens is 278 g/mol. The normalized spacial score (nSPS) is 18.9. The molecule has 1 heterocycles. The van der Waals surface area contributed by atoms with Crippen LogP contribution in [0.5, 0.6) is 0 Å². The first-order chi connectivity index (χ1) is 9.48. The highest BCUT2D eigenvalue weighted by atomic mass is 35.5. The van der Waals surface area contributed by atoms with Crippen molar-refractivity contribution in [2.45, 2.75) is 31.9 Å². The number of carboxylic acids is 1. The zero-order valence-electron chi connectivity index (χ0n) is 11.9. The highest BCUT2D eigenvalue weighted by Gasteiger charge is 2.41. The average molecular weight is 298 g/mol. The van der Waals surface area contributed by atoms with E-state index in [0.717, 1.165) is 17.1 Å². The van der Waals surface area contributed by atoms with Crippen LogP contribution in [0.15, 0.2) is 18.2 Å². The molecule has 1 fully saturated rings. The van der Waals surface area contributed by atoms with Gasteiger partial charge in [-0.1, -0.05) is 23.7 Å². The predicted octanol–water partition coefficient (Wildman–Crippen LogP) is 2.71. The van der Waals surface area contributed by atoms with E-state index in [9.17, 15) is 9.90 Å². The second kappa shape index (κ2) is 6.12. The maximum atomic E-state index is 11.3. The van der Waals surface area contributed by atoms with Gasteiger partial charge in [0.05, 0.1) is 0 Å². The van der Waals surface area contributed by atoms with Crippen LogP contribution in [0.3, 0.4) is 0 Å². The summed E-state index contributed by atoms with van der Waals surface area (Å²) in [4.78, 5) is 13.6. The molecule has 0 bridgehead atoms. The third kappa shape index (κ3) is 2.97. The molecule has 1 aromatic carbocycles. The zero-order valence-corrected chi connectivity index (χ0v) is 12.6. The molecule has 0 aliphatic carbocycles. The number of piperidine rings is 1. The number of hydrogen-bond donors (Lipinski definition) is 1. The summed E-state index contributed by atoms with van der Waals surface area (Å²) >= 11 is 6.12. The van der Waals surface area contributed by atoms with E-state index in [1.807, 2.05) is 19.1 Å². The van der Waals surface area contributed by atoms with Crippen LogP contribution in [-0.2, 0) is 16.1 Å². The highest BCUT2D eigenvalue weighted by Crippen LogP contribution is 2.28. The molecule has 0 spiro atoms. The van der Waals surface area contributed by atoms with Gasteiger partial charge in [-0.15, -0.1) is 0 Å². The third-order valence-electron chi connectivity index (χ3n) is 4.22. The molecule has 1 aliphatic heterocycles. The Morgan fingerprint density at radius 1 is 1.45 bits per heavy atom. The van der Waals surface area contributed by atoms with Crippen LogP contribution in [0, 0.1) is 6.92 Å². The second-order valence-corrected chi connectivity index (χ2v) is 5.71. The minimum atomic E-state index is -1.01. The Labute approximate surface area is 124 Å². The number of carbonyl (C=O) groups is 1. The smallest absolute Gasteiger partial charge is 0.336 e. The average Bonchev–Trinajstić information content (AvgIpc) is 2.44. The summed E-state index contributed by atoms with van der Waals surface area (Å²) in [5, 5.41) is 10.1. The Kier molecular flexibility index (Phi) is 4.68. The Bertz CT molecular complexity index is 496. The Morgan fingerprint density at radius 3 is 2.65 bits per heavy atom. The fourth-order valence-electron chi connectivity index (χ4n) is 2.64. The molecule has 4 nitrogen and oxygen atoms in total. The number of likely N-dealkylation sites (tertiary alicyclic amines) is 1. The van der Waals surface area contributed by atoms with Gasteiger partial charge in [0.2, 0.25) is 0 Å². The van der Waals surface area contributed by atoms with E-state index in [1.54, 1.807) is 0 Å². The number of benzene rings is 1. The molecule has 20 heavy (non-hydrogen) atoms. The van der Waals surface area contributed by atoms with Gasteiger partial charge in [0.1, 0.15) is 0 Å². The van der Waals surface area contributed by atoms with E-state index in [1.165, 1.54) is 12.7 Å². The lowest BCUT2D eigenvalue weighted by atomic mass is 9.91. The Hall–Kier alpha value is -1.10. The molecule has 1 aliphatic rings. The molecule has 0 radical (unpaired) electrons. The number of rotatable bonds is 4. The fraction of sp³-hybridized carbons (Fsp3) is 0.533. The summed E-state index contributed by atoms with van der Waals surface area (Å²) in [6.07, 6.45) is 1.02. The number of methoxy groups -OCH3 is 1. The van der Waals surface area contributed by atoms with Crippen molar-refractivity contribution in [3.05, 3.63) is 34.3 Å². The van der Waals surface area contributed by atoms with Crippen LogP contribution in [0.4, 0.5) is 0 Å². The molecule has 110 valence electrons. The van der Waals surface area contributed by atoms with E-state index in [2.05, 4.69) is 11.0 Å². The van der Waals surface area contributed by atoms with Crippen LogP contribution >= 0.6 is 11.6 Å². The van der Waals surface area contributed by atoms with Gasteiger partial charge in [-0.05, 0) is 37.0 Å². The molecule has 1 saturated heterocycles. The van der Waals surface area contributed by atoms with E-state index in [4.69, 9.17) is 16.3 Å². The third-order valence-corrected chi connectivity index (χ3v) is 4.63.